The topological polar surface area (TPSA) is 58.4 Å². The lowest BCUT2D eigenvalue weighted by atomic mass is 9.85. The number of nitrogens with one attached hydrogen (secondary N) is 1. The first-order chi connectivity index (χ1) is 7.74. The molecule has 2 fully saturated rings. The summed E-state index contributed by atoms with van der Waals surface area (Å²) in [5, 5.41) is 3.03. The van der Waals surface area contributed by atoms with E-state index in [-0.39, 0.29) is 18.3 Å². The third-order valence-corrected chi connectivity index (χ3v) is 3.81. The summed E-state index contributed by atoms with van der Waals surface area (Å²) in [7, 11) is 0. The molecule has 1 heterocycles. The van der Waals surface area contributed by atoms with Gasteiger partial charge in [0.05, 0.1) is 6.54 Å². The van der Waals surface area contributed by atoms with Crippen molar-refractivity contribution in [1.29, 1.82) is 0 Å². The molecule has 2 rings (SSSR count). The van der Waals surface area contributed by atoms with Crippen LogP contribution in [0, 0.1) is 5.92 Å². The fourth-order valence-corrected chi connectivity index (χ4v) is 2.33. The monoisotopic (exact) mass is 261 g/mol. The van der Waals surface area contributed by atoms with Crippen molar-refractivity contribution < 1.29 is 4.79 Å². The van der Waals surface area contributed by atoms with Gasteiger partial charge in [-0.25, -0.2) is 0 Å². The summed E-state index contributed by atoms with van der Waals surface area (Å²) in [5.41, 5.74) is 5.82. The molecule has 1 saturated carbocycles. The van der Waals surface area contributed by atoms with Crippen molar-refractivity contribution in [3.05, 3.63) is 0 Å². The van der Waals surface area contributed by atoms with Gasteiger partial charge in [0.2, 0.25) is 5.91 Å². The van der Waals surface area contributed by atoms with E-state index in [0.29, 0.717) is 12.6 Å². The standard InChI is InChI=1S/C12H23N3O.ClH/c13-11-4-6-15(7-5-11)9-12(16)14-8-10-2-1-3-10;/h10-11H,1-9,13H2,(H,14,16);1H. The summed E-state index contributed by atoms with van der Waals surface area (Å²) in [4.78, 5) is 13.9. The van der Waals surface area contributed by atoms with E-state index in [1.807, 2.05) is 0 Å². The molecule has 3 N–H and O–H groups in total. The highest BCUT2D eigenvalue weighted by Gasteiger charge is 2.20. The number of rotatable bonds is 4. The summed E-state index contributed by atoms with van der Waals surface area (Å²) < 4.78 is 0. The van der Waals surface area contributed by atoms with E-state index >= 15 is 0 Å². The van der Waals surface area contributed by atoms with Gasteiger partial charge >= 0.3 is 0 Å². The minimum absolute atomic E-state index is 0. The van der Waals surface area contributed by atoms with Crippen LogP contribution in [0.25, 0.3) is 0 Å². The molecular weight excluding hydrogens is 238 g/mol. The third kappa shape index (κ3) is 4.82. The van der Waals surface area contributed by atoms with Gasteiger partial charge in [0, 0.05) is 25.7 Å². The van der Waals surface area contributed by atoms with E-state index < -0.39 is 0 Å². The van der Waals surface area contributed by atoms with Gasteiger partial charge in [-0.15, -0.1) is 12.4 Å². The first-order valence-electron chi connectivity index (χ1n) is 6.48. The van der Waals surface area contributed by atoms with Gasteiger partial charge in [-0.3, -0.25) is 9.69 Å². The van der Waals surface area contributed by atoms with Crippen molar-refractivity contribution in [1.82, 2.24) is 10.2 Å². The predicted molar refractivity (Wildman–Crippen MR) is 71.2 cm³/mol. The minimum Gasteiger partial charge on any atom is -0.355 e. The molecular formula is C12H24ClN3O. The number of piperidine rings is 1. The maximum Gasteiger partial charge on any atom is 0.234 e. The molecule has 0 aromatic heterocycles. The molecule has 0 atom stereocenters. The average Bonchev–Trinajstić information content (AvgIpc) is 2.19. The van der Waals surface area contributed by atoms with Gasteiger partial charge in [-0.1, -0.05) is 6.42 Å². The van der Waals surface area contributed by atoms with E-state index in [1.54, 1.807) is 0 Å². The second-order valence-corrected chi connectivity index (χ2v) is 5.21. The van der Waals surface area contributed by atoms with Gasteiger partial charge in [-0.05, 0) is 31.6 Å². The van der Waals surface area contributed by atoms with Gasteiger partial charge < -0.3 is 11.1 Å². The molecule has 100 valence electrons. The lowest BCUT2D eigenvalue weighted by molar-refractivity contribution is -0.122. The largest absolute Gasteiger partial charge is 0.355 e. The van der Waals surface area contributed by atoms with Crippen molar-refractivity contribution in [3.8, 4) is 0 Å². The number of carbonyl (C=O) groups excluding carboxylic acids is 1. The van der Waals surface area contributed by atoms with Crippen molar-refractivity contribution in [2.24, 2.45) is 11.7 Å². The molecule has 17 heavy (non-hydrogen) atoms. The highest BCUT2D eigenvalue weighted by atomic mass is 35.5. The Bertz CT molecular complexity index is 238. The first kappa shape index (κ1) is 14.7. The van der Waals surface area contributed by atoms with Crippen molar-refractivity contribution >= 4 is 18.3 Å². The summed E-state index contributed by atoms with van der Waals surface area (Å²) in [6.07, 6.45) is 5.97. The third-order valence-electron chi connectivity index (χ3n) is 3.81. The normalized spacial score (nSPS) is 22.6. The average molecular weight is 262 g/mol. The van der Waals surface area contributed by atoms with Crippen LogP contribution in [0.4, 0.5) is 0 Å². The summed E-state index contributed by atoms with van der Waals surface area (Å²) in [5.74, 6) is 0.932. The smallest absolute Gasteiger partial charge is 0.234 e. The second kappa shape index (κ2) is 7.19. The Hall–Kier alpha value is -0.320. The van der Waals surface area contributed by atoms with E-state index in [9.17, 15) is 4.79 Å². The van der Waals surface area contributed by atoms with Gasteiger partial charge in [0.25, 0.3) is 0 Å². The molecule has 5 heteroatoms. The highest BCUT2D eigenvalue weighted by Crippen LogP contribution is 2.25. The zero-order valence-corrected chi connectivity index (χ0v) is 11.2. The van der Waals surface area contributed by atoms with Crippen LogP contribution in [0.5, 0.6) is 0 Å². The Morgan fingerprint density at radius 2 is 1.88 bits per heavy atom. The molecule has 1 aliphatic heterocycles. The lowest BCUT2D eigenvalue weighted by Crippen LogP contribution is -2.45. The number of nitrogens with zero attached hydrogens (tertiary/aromatic N) is 1. The van der Waals surface area contributed by atoms with Crippen LogP contribution in [-0.2, 0) is 4.79 Å². The van der Waals surface area contributed by atoms with Crippen molar-refractivity contribution in [3.63, 3.8) is 0 Å². The van der Waals surface area contributed by atoms with Crippen LogP contribution in [0.15, 0.2) is 0 Å². The van der Waals surface area contributed by atoms with Gasteiger partial charge in [-0.2, -0.15) is 0 Å². The Balaban J connectivity index is 0.00000144. The number of amides is 1. The lowest BCUT2D eigenvalue weighted by Gasteiger charge is -2.30. The Kier molecular flexibility index (Phi) is 6.23. The molecule has 1 saturated heterocycles. The van der Waals surface area contributed by atoms with Crippen LogP contribution in [0.2, 0.25) is 0 Å². The zero-order valence-electron chi connectivity index (χ0n) is 10.4. The first-order valence-corrected chi connectivity index (χ1v) is 6.48. The van der Waals surface area contributed by atoms with Gasteiger partial charge in [0.1, 0.15) is 0 Å². The molecule has 1 aliphatic carbocycles. The molecule has 4 nitrogen and oxygen atoms in total. The van der Waals surface area contributed by atoms with E-state index in [4.69, 9.17) is 5.73 Å². The molecule has 0 unspecified atom stereocenters. The molecule has 2 aliphatic rings. The highest BCUT2D eigenvalue weighted by molar-refractivity contribution is 5.85. The fraction of sp³-hybridized carbons (Fsp3) is 0.917. The molecule has 1 amide bonds. The summed E-state index contributed by atoms with van der Waals surface area (Å²) in [6, 6.07) is 0.342. The Labute approximate surface area is 110 Å². The summed E-state index contributed by atoms with van der Waals surface area (Å²) in [6.45, 7) is 3.38. The number of hydrogen-bond donors (Lipinski definition) is 2. The second-order valence-electron chi connectivity index (χ2n) is 5.21. The number of nitrogens with two attached hydrogens (primary N) is 1. The fourth-order valence-electron chi connectivity index (χ4n) is 2.33. The van der Waals surface area contributed by atoms with E-state index in [1.165, 1.54) is 19.3 Å². The molecule has 0 aromatic carbocycles. The number of carbonyl (C=O) groups is 1. The van der Waals surface area contributed by atoms with Crippen molar-refractivity contribution in [2.75, 3.05) is 26.2 Å². The minimum atomic E-state index is 0. The van der Waals surface area contributed by atoms with Crippen LogP contribution in [0.3, 0.4) is 0 Å². The molecule has 0 aromatic rings. The quantitative estimate of drug-likeness (QED) is 0.785. The maximum atomic E-state index is 11.7. The van der Waals surface area contributed by atoms with Crippen LogP contribution in [0.1, 0.15) is 32.1 Å². The predicted octanol–water partition coefficient (Wildman–Crippen LogP) is 0.748. The van der Waals surface area contributed by atoms with Crippen molar-refractivity contribution in [2.45, 2.75) is 38.1 Å². The van der Waals surface area contributed by atoms with E-state index in [2.05, 4.69) is 10.2 Å². The SMILES string of the molecule is Cl.NC1CCN(CC(=O)NCC2CCC2)CC1. The maximum absolute atomic E-state index is 11.7. The van der Waals surface area contributed by atoms with Crippen LogP contribution < -0.4 is 11.1 Å². The molecule has 0 bridgehead atoms. The van der Waals surface area contributed by atoms with Crippen LogP contribution >= 0.6 is 12.4 Å². The molecule has 0 radical (unpaired) electrons. The Morgan fingerprint density at radius 1 is 1.24 bits per heavy atom. The molecule has 0 spiro atoms. The van der Waals surface area contributed by atoms with Crippen LogP contribution in [-0.4, -0.2) is 43.0 Å². The number of likely N-dealkylation sites (tertiary alicyclic amines) is 1. The zero-order chi connectivity index (χ0) is 11.4. The Morgan fingerprint density at radius 3 is 2.41 bits per heavy atom. The summed E-state index contributed by atoms with van der Waals surface area (Å²) >= 11 is 0. The van der Waals surface area contributed by atoms with E-state index in [0.717, 1.165) is 38.4 Å². The number of halogens is 1. The number of hydrogen-bond acceptors (Lipinski definition) is 3. The van der Waals surface area contributed by atoms with Gasteiger partial charge in [0.15, 0.2) is 0 Å².